The molecule has 2 heterocycles. The predicted octanol–water partition coefficient (Wildman–Crippen LogP) is 5.22. The average Bonchev–Trinajstić information content (AvgIpc) is 3.24. The Balaban J connectivity index is 1.79. The maximum absolute atomic E-state index is 11.6. The first-order chi connectivity index (χ1) is 15.7. The largest absolute Gasteiger partial charge is 0.480 e. The number of allylic oxidation sites excluding steroid dienone is 2. The maximum Gasteiger partial charge on any atom is 0.370 e. The van der Waals surface area contributed by atoms with Crippen molar-refractivity contribution < 1.29 is 24.4 Å². The van der Waals surface area contributed by atoms with E-state index in [1.807, 2.05) is 78.8 Å². The van der Waals surface area contributed by atoms with Crippen LogP contribution in [0.15, 0.2) is 58.0 Å². The number of aryl methyl sites for hydroxylation is 2. The fourth-order valence-corrected chi connectivity index (χ4v) is 6.03. The van der Waals surface area contributed by atoms with Crippen molar-refractivity contribution in [3.8, 4) is 0 Å². The monoisotopic (exact) mass is 481 g/mol. The van der Waals surface area contributed by atoms with Crippen LogP contribution in [-0.4, -0.2) is 28.7 Å². The first-order valence-electron chi connectivity index (χ1n) is 10.6. The van der Waals surface area contributed by atoms with Crippen LogP contribution in [0.5, 0.6) is 0 Å². The number of nitrogens with zero attached hydrogens (tertiary/aromatic N) is 2. The second-order valence-electron chi connectivity index (χ2n) is 8.00. The van der Waals surface area contributed by atoms with Gasteiger partial charge in [-0.25, -0.2) is 4.79 Å². The molecule has 8 heteroatoms. The van der Waals surface area contributed by atoms with Crippen molar-refractivity contribution >= 4 is 57.0 Å². The Morgan fingerprint density at radius 2 is 1.79 bits per heavy atom. The number of carboxylic acids is 2. The van der Waals surface area contributed by atoms with Gasteiger partial charge < -0.3 is 15.1 Å². The van der Waals surface area contributed by atoms with Gasteiger partial charge in [0, 0.05) is 17.0 Å². The lowest BCUT2D eigenvalue weighted by Crippen LogP contribution is -2.39. The number of carboxylic acid groups (broad SMARTS) is 2. The van der Waals surface area contributed by atoms with Crippen LogP contribution < -0.4 is 9.47 Å². The van der Waals surface area contributed by atoms with E-state index in [1.165, 1.54) is 0 Å². The first kappa shape index (κ1) is 23.1. The smallest absolute Gasteiger partial charge is 0.370 e. The van der Waals surface area contributed by atoms with E-state index in [1.54, 1.807) is 23.1 Å². The number of aromatic nitrogens is 1. The molecular formula is C25H25N2O4S2+. The minimum Gasteiger partial charge on any atom is -0.480 e. The summed E-state index contributed by atoms with van der Waals surface area (Å²) in [4.78, 5) is 26.0. The number of rotatable bonds is 7. The van der Waals surface area contributed by atoms with E-state index in [0.29, 0.717) is 0 Å². The molecule has 0 spiro atoms. The molecule has 0 saturated heterocycles. The Morgan fingerprint density at radius 1 is 1.06 bits per heavy atom. The highest BCUT2D eigenvalue weighted by molar-refractivity contribution is 8.03. The lowest BCUT2D eigenvalue weighted by atomic mass is 10.1. The molecule has 0 fully saturated rings. The van der Waals surface area contributed by atoms with E-state index in [0.717, 1.165) is 54.0 Å². The van der Waals surface area contributed by atoms with Gasteiger partial charge in [0.2, 0.25) is 12.1 Å². The van der Waals surface area contributed by atoms with E-state index >= 15 is 0 Å². The van der Waals surface area contributed by atoms with Gasteiger partial charge >= 0.3 is 11.9 Å². The molecule has 0 radical (unpaired) electrons. The summed E-state index contributed by atoms with van der Waals surface area (Å²) in [5.41, 5.74) is 4.96. The topological polar surface area (TPSA) is 81.7 Å². The van der Waals surface area contributed by atoms with E-state index in [4.69, 9.17) is 0 Å². The van der Waals surface area contributed by atoms with Gasteiger partial charge in [-0.15, -0.1) is 0 Å². The summed E-state index contributed by atoms with van der Waals surface area (Å²) in [6.45, 7) is 5.79. The number of hydrogen-bond acceptors (Lipinski definition) is 5. The predicted molar refractivity (Wildman–Crippen MR) is 133 cm³/mol. The molecule has 1 aliphatic heterocycles. The van der Waals surface area contributed by atoms with Gasteiger partial charge in [-0.2, -0.15) is 4.57 Å². The normalized spacial score (nSPS) is 14.8. The molecule has 33 heavy (non-hydrogen) atoms. The van der Waals surface area contributed by atoms with Gasteiger partial charge in [-0.1, -0.05) is 42.2 Å². The number of aliphatic carboxylic acids is 2. The van der Waals surface area contributed by atoms with Gasteiger partial charge in [0.25, 0.3) is 5.01 Å². The Labute approximate surface area is 200 Å². The van der Waals surface area contributed by atoms with Gasteiger partial charge in [0.05, 0.1) is 10.7 Å². The highest BCUT2D eigenvalue weighted by atomic mass is 32.2. The molecule has 0 unspecified atom stereocenters. The van der Waals surface area contributed by atoms with Crippen LogP contribution in [0.1, 0.15) is 29.5 Å². The second kappa shape index (κ2) is 9.41. The fourth-order valence-electron chi connectivity index (χ4n) is 3.80. The third kappa shape index (κ3) is 4.96. The SMILES string of the molecule is CCC(=Cc1sc2ccc(C)cc2[n+]1CC(=O)O)C=C1Sc2ccc(C)cc2N1CC(=O)O. The van der Waals surface area contributed by atoms with Crippen LogP contribution in [0.4, 0.5) is 5.69 Å². The van der Waals surface area contributed by atoms with Crippen LogP contribution in [0.3, 0.4) is 0 Å². The van der Waals surface area contributed by atoms with Crippen LogP contribution in [-0.2, 0) is 16.1 Å². The molecule has 170 valence electrons. The number of anilines is 1. The molecule has 2 aromatic carbocycles. The highest BCUT2D eigenvalue weighted by Gasteiger charge is 2.27. The van der Waals surface area contributed by atoms with Crippen LogP contribution >= 0.6 is 23.1 Å². The van der Waals surface area contributed by atoms with Crippen molar-refractivity contribution in [1.29, 1.82) is 0 Å². The van der Waals surface area contributed by atoms with Gasteiger partial charge in [-0.3, -0.25) is 4.79 Å². The van der Waals surface area contributed by atoms with Crippen molar-refractivity contribution in [1.82, 2.24) is 0 Å². The van der Waals surface area contributed by atoms with Crippen molar-refractivity contribution in [3.63, 3.8) is 0 Å². The molecule has 0 aliphatic carbocycles. The van der Waals surface area contributed by atoms with Gasteiger partial charge in [0.15, 0.2) is 0 Å². The molecule has 3 aromatic rings. The van der Waals surface area contributed by atoms with E-state index in [9.17, 15) is 19.8 Å². The zero-order valence-electron chi connectivity index (χ0n) is 18.7. The molecule has 1 aromatic heterocycles. The van der Waals surface area contributed by atoms with Crippen LogP contribution in [0, 0.1) is 13.8 Å². The minimum absolute atomic E-state index is 0.118. The number of carbonyl (C=O) groups is 2. The summed E-state index contributed by atoms with van der Waals surface area (Å²) >= 11 is 3.11. The quantitative estimate of drug-likeness (QED) is 0.450. The third-order valence-corrected chi connectivity index (χ3v) is 7.61. The number of benzene rings is 2. The standard InChI is InChI=1S/C25H24N2O4S2/c1-4-17(11-22-26(13-24(28)29)18-9-15(2)5-7-20(18)32-22)12-23-27(14-25(30)31)19-10-16(3)6-8-21(19)33-23/h5-12H,4,13-14H2,1-3H3,(H-,28,29,30,31)/p+1. The average molecular weight is 482 g/mol. The zero-order valence-corrected chi connectivity index (χ0v) is 20.3. The number of thiazole rings is 1. The lowest BCUT2D eigenvalue weighted by molar-refractivity contribution is -0.657. The first-order valence-corrected chi connectivity index (χ1v) is 12.2. The Hall–Kier alpha value is -3.10. The summed E-state index contributed by atoms with van der Waals surface area (Å²) < 4.78 is 2.86. The van der Waals surface area contributed by atoms with Crippen molar-refractivity contribution in [2.75, 3.05) is 11.4 Å². The van der Waals surface area contributed by atoms with Crippen molar-refractivity contribution in [2.24, 2.45) is 0 Å². The summed E-state index contributed by atoms with van der Waals surface area (Å²) in [5.74, 6) is -1.78. The van der Waals surface area contributed by atoms with Crippen LogP contribution in [0.2, 0.25) is 0 Å². The Bertz CT molecular complexity index is 1320. The van der Waals surface area contributed by atoms with Gasteiger partial charge in [-0.05, 0) is 61.2 Å². The van der Waals surface area contributed by atoms with E-state index in [2.05, 4.69) is 0 Å². The van der Waals surface area contributed by atoms with Crippen molar-refractivity contribution in [3.05, 3.63) is 69.2 Å². The highest BCUT2D eigenvalue weighted by Crippen LogP contribution is 2.46. The van der Waals surface area contributed by atoms with Crippen molar-refractivity contribution in [2.45, 2.75) is 38.6 Å². The molecule has 1 aliphatic rings. The fraction of sp³-hybridized carbons (Fsp3) is 0.240. The molecule has 0 bridgehead atoms. The summed E-state index contributed by atoms with van der Waals surface area (Å²) in [7, 11) is 0. The van der Waals surface area contributed by atoms with E-state index in [-0.39, 0.29) is 13.1 Å². The molecule has 4 rings (SSSR count). The summed E-state index contributed by atoms with van der Waals surface area (Å²) in [5, 5.41) is 20.7. The van der Waals surface area contributed by atoms with E-state index < -0.39 is 11.9 Å². The third-order valence-electron chi connectivity index (χ3n) is 5.38. The molecule has 0 saturated carbocycles. The van der Waals surface area contributed by atoms with Gasteiger partial charge in [0.1, 0.15) is 11.2 Å². The summed E-state index contributed by atoms with van der Waals surface area (Å²) in [6.07, 6.45) is 4.76. The second-order valence-corrected chi connectivity index (χ2v) is 10.1. The molecule has 6 nitrogen and oxygen atoms in total. The molecule has 0 atom stereocenters. The Morgan fingerprint density at radius 3 is 2.48 bits per heavy atom. The molecular weight excluding hydrogens is 456 g/mol. The number of hydrogen-bond donors (Lipinski definition) is 2. The minimum atomic E-state index is -0.892. The maximum atomic E-state index is 11.6. The number of fused-ring (bicyclic) bond motifs is 2. The molecule has 2 N–H and O–H groups in total. The molecule has 0 amide bonds. The summed E-state index contributed by atoms with van der Waals surface area (Å²) in [6, 6.07) is 12.1. The Kier molecular flexibility index (Phi) is 6.58. The van der Waals surface area contributed by atoms with Crippen LogP contribution in [0.25, 0.3) is 16.3 Å². The zero-order chi connectivity index (χ0) is 23.7. The number of thioether (sulfide) groups is 1. The lowest BCUT2D eigenvalue weighted by Gasteiger charge is -2.18.